The Kier molecular flexibility index (Phi) is 6.08. The van der Waals surface area contributed by atoms with Gasteiger partial charge in [0.2, 0.25) is 0 Å². The largest absolute Gasteiger partial charge is 0.481 e. The van der Waals surface area contributed by atoms with Gasteiger partial charge in [0.1, 0.15) is 11.2 Å². The van der Waals surface area contributed by atoms with Crippen LogP contribution < -0.4 is 5.32 Å². The van der Waals surface area contributed by atoms with E-state index in [1.807, 2.05) is 0 Å². The van der Waals surface area contributed by atoms with E-state index in [9.17, 15) is 19.5 Å². The summed E-state index contributed by atoms with van der Waals surface area (Å²) in [7, 11) is 0. The molecule has 1 aliphatic rings. The highest BCUT2D eigenvalue weighted by molar-refractivity contribution is 5.75. The molecule has 138 valence electrons. The third-order valence-electron chi connectivity index (χ3n) is 3.32. The van der Waals surface area contributed by atoms with E-state index < -0.39 is 41.2 Å². The van der Waals surface area contributed by atoms with Gasteiger partial charge in [-0.25, -0.2) is 9.59 Å². The van der Waals surface area contributed by atoms with Crippen molar-refractivity contribution in [1.29, 1.82) is 0 Å². The minimum absolute atomic E-state index is 0.0604. The summed E-state index contributed by atoms with van der Waals surface area (Å²) in [4.78, 5) is 36.6. The first-order valence-corrected chi connectivity index (χ1v) is 7.96. The van der Waals surface area contributed by atoms with Gasteiger partial charge < -0.3 is 24.8 Å². The average molecular weight is 344 g/mol. The third kappa shape index (κ3) is 6.64. The molecule has 0 saturated carbocycles. The van der Waals surface area contributed by atoms with Crippen LogP contribution in [-0.4, -0.2) is 59.0 Å². The highest BCUT2D eigenvalue weighted by atomic mass is 16.6. The summed E-state index contributed by atoms with van der Waals surface area (Å²) < 4.78 is 10.4. The first-order chi connectivity index (χ1) is 10.8. The summed E-state index contributed by atoms with van der Waals surface area (Å²) in [5.74, 6) is -2.16. The Hall–Kier alpha value is -1.99. The lowest BCUT2D eigenvalue weighted by Gasteiger charge is -2.24. The van der Waals surface area contributed by atoms with Crippen LogP contribution in [-0.2, 0) is 14.3 Å². The Morgan fingerprint density at radius 2 is 1.58 bits per heavy atom. The van der Waals surface area contributed by atoms with Crippen LogP contribution in [0.5, 0.6) is 0 Å². The molecule has 1 fully saturated rings. The number of carboxylic acid groups (broad SMARTS) is 1. The van der Waals surface area contributed by atoms with Gasteiger partial charge in [0.15, 0.2) is 0 Å². The number of carboxylic acids is 1. The second kappa shape index (κ2) is 7.27. The fraction of sp³-hybridized carbons (Fsp3) is 0.812. The van der Waals surface area contributed by atoms with Crippen molar-refractivity contribution in [1.82, 2.24) is 10.2 Å². The Labute approximate surface area is 142 Å². The van der Waals surface area contributed by atoms with Crippen molar-refractivity contribution in [3.05, 3.63) is 0 Å². The van der Waals surface area contributed by atoms with E-state index in [1.165, 1.54) is 4.90 Å². The van der Waals surface area contributed by atoms with Crippen LogP contribution in [0.25, 0.3) is 0 Å². The molecule has 0 aliphatic carbocycles. The van der Waals surface area contributed by atoms with Crippen LogP contribution in [0.4, 0.5) is 9.59 Å². The lowest BCUT2D eigenvalue weighted by atomic mass is 9.96. The number of aliphatic carboxylic acids is 1. The lowest BCUT2D eigenvalue weighted by Crippen LogP contribution is -2.38. The minimum atomic E-state index is -1.00. The zero-order valence-electron chi connectivity index (χ0n) is 15.2. The van der Waals surface area contributed by atoms with E-state index in [0.717, 1.165) is 0 Å². The van der Waals surface area contributed by atoms with Crippen molar-refractivity contribution in [2.24, 2.45) is 11.8 Å². The average Bonchev–Trinajstić information content (AvgIpc) is 2.76. The zero-order chi connectivity index (χ0) is 18.7. The van der Waals surface area contributed by atoms with Crippen LogP contribution >= 0.6 is 0 Å². The maximum absolute atomic E-state index is 12.1. The lowest BCUT2D eigenvalue weighted by molar-refractivity contribution is -0.142. The van der Waals surface area contributed by atoms with Gasteiger partial charge in [-0.05, 0) is 41.5 Å². The molecule has 2 N–H and O–H groups in total. The second-order valence-corrected chi connectivity index (χ2v) is 7.97. The van der Waals surface area contributed by atoms with Gasteiger partial charge in [0, 0.05) is 25.6 Å². The van der Waals surface area contributed by atoms with E-state index in [4.69, 9.17) is 9.47 Å². The molecule has 2 amide bonds. The summed E-state index contributed by atoms with van der Waals surface area (Å²) >= 11 is 0. The summed E-state index contributed by atoms with van der Waals surface area (Å²) in [6.07, 6.45) is -1.16. The second-order valence-electron chi connectivity index (χ2n) is 7.97. The molecule has 0 aromatic carbocycles. The molecule has 1 heterocycles. The molecular formula is C16H28N2O6. The molecule has 8 nitrogen and oxygen atoms in total. The van der Waals surface area contributed by atoms with Gasteiger partial charge in [-0.2, -0.15) is 0 Å². The first-order valence-electron chi connectivity index (χ1n) is 7.96. The Bertz CT molecular complexity index is 492. The predicted octanol–water partition coefficient (Wildman–Crippen LogP) is 2.08. The topological polar surface area (TPSA) is 105 Å². The number of carbonyl (C=O) groups is 3. The van der Waals surface area contributed by atoms with Gasteiger partial charge in [-0.3, -0.25) is 4.79 Å². The van der Waals surface area contributed by atoms with E-state index in [2.05, 4.69) is 5.32 Å². The third-order valence-corrected chi connectivity index (χ3v) is 3.32. The zero-order valence-corrected chi connectivity index (χ0v) is 15.2. The number of amides is 2. The van der Waals surface area contributed by atoms with Gasteiger partial charge in [-0.15, -0.1) is 0 Å². The molecular weight excluding hydrogens is 316 g/mol. The fourth-order valence-electron chi connectivity index (χ4n) is 2.36. The van der Waals surface area contributed by atoms with Crippen LogP contribution in [0, 0.1) is 11.8 Å². The number of ether oxygens (including phenoxy) is 2. The predicted molar refractivity (Wildman–Crippen MR) is 86.7 cm³/mol. The van der Waals surface area contributed by atoms with Crippen molar-refractivity contribution in [3.8, 4) is 0 Å². The minimum Gasteiger partial charge on any atom is -0.481 e. The number of nitrogens with zero attached hydrogens (tertiary/aromatic N) is 1. The van der Waals surface area contributed by atoms with Crippen molar-refractivity contribution >= 4 is 18.2 Å². The number of hydrogen-bond acceptors (Lipinski definition) is 5. The summed E-state index contributed by atoms with van der Waals surface area (Å²) in [6, 6.07) is 0. The molecule has 0 aromatic rings. The summed E-state index contributed by atoms with van der Waals surface area (Å²) in [5.41, 5.74) is -1.28. The highest BCUT2D eigenvalue weighted by Gasteiger charge is 2.41. The normalized spacial score (nSPS) is 21.3. The van der Waals surface area contributed by atoms with E-state index >= 15 is 0 Å². The molecule has 1 aliphatic heterocycles. The maximum atomic E-state index is 12.1. The molecule has 0 unspecified atom stereocenters. The number of likely N-dealkylation sites (tertiary alicyclic amines) is 1. The Balaban J connectivity index is 2.64. The molecule has 0 spiro atoms. The van der Waals surface area contributed by atoms with Gasteiger partial charge in [-0.1, -0.05) is 0 Å². The summed E-state index contributed by atoms with van der Waals surface area (Å²) in [5, 5.41) is 11.9. The molecule has 2 atom stereocenters. The number of alkyl carbamates (subject to hydrolysis) is 1. The number of carbonyl (C=O) groups excluding carboxylic acids is 2. The molecule has 0 aromatic heterocycles. The Morgan fingerprint density at radius 1 is 1.04 bits per heavy atom. The Morgan fingerprint density at radius 3 is 2.04 bits per heavy atom. The molecule has 24 heavy (non-hydrogen) atoms. The smallest absolute Gasteiger partial charge is 0.410 e. The van der Waals surface area contributed by atoms with Crippen LogP contribution in [0.2, 0.25) is 0 Å². The molecule has 1 saturated heterocycles. The highest BCUT2D eigenvalue weighted by Crippen LogP contribution is 2.25. The van der Waals surface area contributed by atoms with Crippen LogP contribution in [0.15, 0.2) is 0 Å². The monoisotopic (exact) mass is 344 g/mol. The number of rotatable bonds is 3. The molecule has 0 radical (unpaired) electrons. The summed E-state index contributed by atoms with van der Waals surface area (Å²) in [6.45, 7) is 10.9. The van der Waals surface area contributed by atoms with Crippen molar-refractivity contribution in [3.63, 3.8) is 0 Å². The first kappa shape index (κ1) is 20.1. The molecule has 1 rings (SSSR count). The van der Waals surface area contributed by atoms with Crippen LogP contribution in [0.3, 0.4) is 0 Å². The van der Waals surface area contributed by atoms with Crippen molar-refractivity contribution < 1.29 is 29.0 Å². The van der Waals surface area contributed by atoms with E-state index in [0.29, 0.717) is 0 Å². The van der Waals surface area contributed by atoms with Crippen molar-refractivity contribution in [2.45, 2.75) is 52.7 Å². The maximum Gasteiger partial charge on any atom is 0.410 e. The van der Waals surface area contributed by atoms with Gasteiger partial charge in [0.25, 0.3) is 0 Å². The fourth-order valence-corrected chi connectivity index (χ4v) is 2.36. The SMILES string of the molecule is CC(C)(C)OC(=O)NC[C@@H]1CN(C(=O)OC(C)(C)C)C[C@@H]1C(=O)O. The number of hydrogen-bond donors (Lipinski definition) is 2. The number of nitrogens with one attached hydrogen (secondary N) is 1. The van der Waals surface area contributed by atoms with Gasteiger partial charge in [0.05, 0.1) is 5.92 Å². The van der Waals surface area contributed by atoms with Gasteiger partial charge >= 0.3 is 18.2 Å². The standard InChI is InChI=1S/C16H28N2O6/c1-15(2,3)23-13(21)17-7-10-8-18(9-11(10)12(19)20)14(22)24-16(4,5)6/h10-11H,7-9H2,1-6H3,(H,17,21)(H,19,20)/t10-,11+/m1/s1. The van der Waals surface area contributed by atoms with Crippen LogP contribution in [0.1, 0.15) is 41.5 Å². The van der Waals surface area contributed by atoms with E-state index in [1.54, 1.807) is 41.5 Å². The van der Waals surface area contributed by atoms with Crippen molar-refractivity contribution in [2.75, 3.05) is 19.6 Å². The molecule has 0 bridgehead atoms. The molecule has 8 heteroatoms. The van der Waals surface area contributed by atoms with E-state index in [-0.39, 0.29) is 19.6 Å². The quantitative estimate of drug-likeness (QED) is 0.812.